The van der Waals surface area contributed by atoms with E-state index in [2.05, 4.69) is 34.0 Å². The van der Waals surface area contributed by atoms with Crippen LogP contribution in [-0.4, -0.2) is 40.0 Å². The first-order valence-corrected chi connectivity index (χ1v) is 8.99. The van der Waals surface area contributed by atoms with Crippen molar-refractivity contribution in [1.29, 1.82) is 0 Å². The van der Waals surface area contributed by atoms with Crippen molar-refractivity contribution in [2.45, 2.75) is 45.3 Å². The van der Waals surface area contributed by atoms with E-state index in [-0.39, 0.29) is 5.56 Å². The number of hydrogen-bond acceptors (Lipinski definition) is 5. The first-order chi connectivity index (χ1) is 12.1. The van der Waals surface area contributed by atoms with Gasteiger partial charge in [-0.2, -0.15) is 0 Å². The van der Waals surface area contributed by atoms with Gasteiger partial charge in [0.2, 0.25) is 5.58 Å². The van der Waals surface area contributed by atoms with Gasteiger partial charge in [0, 0.05) is 30.6 Å². The summed E-state index contributed by atoms with van der Waals surface area (Å²) >= 11 is 0. The quantitative estimate of drug-likeness (QED) is 0.764. The number of para-hydroxylation sites is 1. The van der Waals surface area contributed by atoms with Crippen LogP contribution in [0.3, 0.4) is 0 Å². The molecule has 3 heterocycles. The predicted molar refractivity (Wildman–Crippen MR) is 98.7 cm³/mol. The van der Waals surface area contributed by atoms with Gasteiger partial charge in [-0.15, -0.1) is 0 Å². The van der Waals surface area contributed by atoms with Crippen molar-refractivity contribution in [2.24, 2.45) is 0 Å². The molecule has 1 aliphatic rings. The highest BCUT2D eigenvalue weighted by molar-refractivity contribution is 6.01. The van der Waals surface area contributed by atoms with Crippen molar-refractivity contribution in [1.82, 2.24) is 20.2 Å². The number of hydrogen-bond donors (Lipinski definition) is 2. The maximum atomic E-state index is 12.4. The SMILES string of the molecule is CC(C)NC1CCN(Cc2nc3c(oc4ccccc43)c(=O)[nH]2)CC1. The summed E-state index contributed by atoms with van der Waals surface area (Å²) in [6, 6.07) is 8.75. The van der Waals surface area contributed by atoms with Crippen LogP contribution in [0.1, 0.15) is 32.5 Å². The fourth-order valence-electron chi connectivity index (χ4n) is 3.66. The molecule has 0 amide bonds. The molecule has 2 aromatic heterocycles. The molecule has 4 rings (SSSR count). The van der Waals surface area contributed by atoms with Crippen molar-refractivity contribution < 1.29 is 4.42 Å². The Hall–Kier alpha value is -2.18. The number of nitrogens with zero attached hydrogens (tertiary/aromatic N) is 2. The van der Waals surface area contributed by atoms with E-state index in [9.17, 15) is 4.79 Å². The van der Waals surface area contributed by atoms with Gasteiger partial charge in [-0.05, 0) is 25.0 Å². The van der Waals surface area contributed by atoms with Gasteiger partial charge in [-0.3, -0.25) is 9.69 Å². The number of H-pyrrole nitrogens is 1. The first-order valence-electron chi connectivity index (χ1n) is 8.99. The average Bonchev–Trinajstić information content (AvgIpc) is 2.96. The topological polar surface area (TPSA) is 74.2 Å². The molecule has 0 spiro atoms. The summed E-state index contributed by atoms with van der Waals surface area (Å²) in [4.78, 5) is 22.3. The second kappa shape index (κ2) is 6.61. The number of likely N-dealkylation sites (tertiary alicyclic amines) is 1. The highest BCUT2D eigenvalue weighted by atomic mass is 16.3. The van der Waals surface area contributed by atoms with Crippen molar-refractivity contribution in [3.63, 3.8) is 0 Å². The van der Waals surface area contributed by atoms with E-state index >= 15 is 0 Å². The van der Waals surface area contributed by atoms with Crippen LogP contribution in [0.15, 0.2) is 33.5 Å². The minimum absolute atomic E-state index is 0.201. The van der Waals surface area contributed by atoms with Gasteiger partial charge in [0.05, 0.1) is 6.54 Å². The van der Waals surface area contributed by atoms with Gasteiger partial charge in [-0.1, -0.05) is 26.0 Å². The molecule has 1 fully saturated rings. The van der Waals surface area contributed by atoms with Crippen LogP contribution in [0.2, 0.25) is 0 Å². The van der Waals surface area contributed by atoms with E-state index in [0.717, 1.165) is 31.3 Å². The van der Waals surface area contributed by atoms with E-state index in [1.54, 1.807) is 0 Å². The monoisotopic (exact) mass is 340 g/mol. The third kappa shape index (κ3) is 3.32. The van der Waals surface area contributed by atoms with Gasteiger partial charge in [0.15, 0.2) is 0 Å². The van der Waals surface area contributed by atoms with Gasteiger partial charge < -0.3 is 14.7 Å². The number of piperidine rings is 1. The van der Waals surface area contributed by atoms with Crippen LogP contribution in [0.5, 0.6) is 0 Å². The van der Waals surface area contributed by atoms with Crippen LogP contribution >= 0.6 is 0 Å². The van der Waals surface area contributed by atoms with E-state index < -0.39 is 0 Å². The van der Waals surface area contributed by atoms with Crippen LogP contribution in [0.25, 0.3) is 22.1 Å². The molecule has 0 saturated carbocycles. The number of nitrogens with one attached hydrogen (secondary N) is 2. The van der Waals surface area contributed by atoms with Crippen molar-refractivity contribution in [3.8, 4) is 0 Å². The third-order valence-electron chi connectivity index (χ3n) is 4.81. The molecule has 2 N–H and O–H groups in total. The lowest BCUT2D eigenvalue weighted by Crippen LogP contribution is -2.44. The zero-order valence-electron chi connectivity index (χ0n) is 14.7. The van der Waals surface area contributed by atoms with Gasteiger partial charge in [-0.25, -0.2) is 4.98 Å². The second-order valence-electron chi connectivity index (χ2n) is 7.16. The molecule has 1 aliphatic heterocycles. The molecule has 0 unspecified atom stereocenters. The Labute approximate surface area is 146 Å². The maximum absolute atomic E-state index is 12.4. The minimum Gasteiger partial charge on any atom is -0.449 e. The summed E-state index contributed by atoms with van der Waals surface area (Å²) in [6.07, 6.45) is 2.25. The lowest BCUT2D eigenvalue weighted by atomic mass is 10.0. The van der Waals surface area contributed by atoms with Crippen LogP contribution in [0, 0.1) is 0 Å². The molecule has 132 valence electrons. The van der Waals surface area contributed by atoms with Crippen LogP contribution in [0.4, 0.5) is 0 Å². The van der Waals surface area contributed by atoms with Crippen molar-refractivity contribution in [3.05, 3.63) is 40.4 Å². The summed E-state index contributed by atoms with van der Waals surface area (Å²) in [5, 5.41) is 4.50. The first kappa shape index (κ1) is 16.3. The maximum Gasteiger partial charge on any atom is 0.294 e. The number of fused-ring (bicyclic) bond motifs is 3. The highest BCUT2D eigenvalue weighted by Gasteiger charge is 2.21. The Morgan fingerprint density at radius 2 is 2.08 bits per heavy atom. The molecule has 3 aromatic rings. The Kier molecular flexibility index (Phi) is 4.31. The molecular formula is C19H24N4O2. The Balaban J connectivity index is 1.54. The second-order valence-corrected chi connectivity index (χ2v) is 7.16. The highest BCUT2D eigenvalue weighted by Crippen LogP contribution is 2.24. The molecule has 25 heavy (non-hydrogen) atoms. The number of benzene rings is 1. The summed E-state index contributed by atoms with van der Waals surface area (Å²) in [6.45, 7) is 7.06. The molecule has 6 heteroatoms. The molecule has 0 bridgehead atoms. The molecule has 1 aromatic carbocycles. The Morgan fingerprint density at radius 1 is 1.32 bits per heavy atom. The van der Waals surface area contributed by atoms with E-state index in [1.165, 1.54) is 0 Å². The minimum atomic E-state index is -0.201. The van der Waals surface area contributed by atoms with E-state index in [0.29, 0.717) is 41.1 Å². The van der Waals surface area contributed by atoms with Gasteiger partial charge >= 0.3 is 0 Å². The summed E-state index contributed by atoms with van der Waals surface area (Å²) in [5.74, 6) is 0.708. The van der Waals surface area contributed by atoms with Gasteiger partial charge in [0.25, 0.3) is 5.56 Å². The Bertz CT molecular complexity index is 935. The van der Waals surface area contributed by atoms with Crippen molar-refractivity contribution in [2.75, 3.05) is 13.1 Å². The van der Waals surface area contributed by atoms with Crippen molar-refractivity contribution >= 4 is 22.1 Å². The number of furan rings is 1. The van der Waals surface area contributed by atoms with Crippen LogP contribution < -0.4 is 10.9 Å². The number of aromatic nitrogens is 2. The van der Waals surface area contributed by atoms with E-state index in [4.69, 9.17) is 4.42 Å². The third-order valence-corrected chi connectivity index (χ3v) is 4.81. The number of rotatable bonds is 4. The Morgan fingerprint density at radius 3 is 2.84 bits per heavy atom. The molecule has 6 nitrogen and oxygen atoms in total. The summed E-state index contributed by atoms with van der Waals surface area (Å²) < 4.78 is 5.65. The molecular weight excluding hydrogens is 316 g/mol. The van der Waals surface area contributed by atoms with Crippen LogP contribution in [-0.2, 0) is 6.54 Å². The predicted octanol–water partition coefficient (Wildman–Crippen LogP) is 2.63. The molecule has 0 aliphatic carbocycles. The average molecular weight is 340 g/mol. The number of aromatic amines is 1. The standard InChI is InChI=1S/C19H24N4O2/c1-12(2)20-13-7-9-23(10-8-13)11-16-21-17-14-5-3-4-6-15(14)25-18(17)19(24)22-16/h3-6,12-13,20H,7-11H2,1-2H3,(H,21,22,24). The lowest BCUT2D eigenvalue weighted by Gasteiger charge is -2.33. The lowest BCUT2D eigenvalue weighted by molar-refractivity contribution is 0.183. The fourth-order valence-corrected chi connectivity index (χ4v) is 3.66. The summed E-state index contributed by atoms with van der Waals surface area (Å²) in [5.41, 5.74) is 1.47. The molecule has 0 radical (unpaired) electrons. The summed E-state index contributed by atoms with van der Waals surface area (Å²) in [7, 11) is 0. The zero-order valence-corrected chi connectivity index (χ0v) is 14.7. The normalized spacial score (nSPS) is 17.1. The smallest absolute Gasteiger partial charge is 0.294 e. The van der Waals surface area contributed by atoms with Gasteiger partial charge in [0.1, 0.15) is 16.9 Å². The van der Waals surface area contributed by atoms with E-state index in [1.807, 2.05) is 24.3 Å². The molecule has 0 atom stereocenters. The molecule has 1 saturated heterocycles. The largest absolute Gasteiger partial charge is 0.449 e. The fraction of sp³-hybridized carbons (Fsp3) is 0.474. The zero-order chi connectivity index (χ0) is 17.4.